The zero-order valence-electron chi connectivity index (χ0n) is 10.8. The van der Waals surface area contributed by atoms with Gasteiger partial charge in [0.25, 0.3) is 5.92 Å². The summed E-state index contributed by atoms with van der Waals surface area (Å²) in [5.74, 6) is -4.35. The smallest absolute Gasteiger partial charge is 0.260 e. The zero-order valence-corrected chi connectivity index (χ0v) is 10.8. The molecule has 4 heteroatoms. The van der Waals surface area contributed by atoms with Gasteiger partial charge in [-0.15, -0.1) is 0 Å². The highest BCUT2D eigenvalue weighted by Gasteiger charge is 2.61. The van der Waals surface area contributed by atoms with Gasteiger partial charge >= 0.3 is 0 Å². The summed E-state index contributed by atoms with van der Waals surface area (Å²) in [6, 6.07) is 5.99. The predicted octanol–water partition coefficient (Wildman–Crippen LogP) is 2.92. The van der Waals surface area contributed by atoms with Gasteiger partial charge in [0.2, 0.25) is 5.91 Å². The Balaban J connectivity index is 2.03. The number of alkyl halides is 2. The van der Waals surface area contributed by atoms with Crippen molar-refractivity contribution in [1.29, 1.82) is 0 Å². The summed E-state index contributed by atoms with van der Waals surface area (Å²) in [6.45, 7) is 4.34. The summed E-state index contributed by atoms with van der Waals surface area (Å²) in [5.41, 5.74) is 3.21. The lowest BCUT2D eigenvalue weighted by Crippen LogP contribution is -2.29. The minimum Gasteiger partial charge on any atom is -0.341 e. The van der Waals surface area contributed by atoms with Crippen LogP contribution in [0, 0.1) is 19.8 Å². The largest absolute Gasteiger partial charge is 0.341 e. The van der Waals surface area contributed by atoms with Crippen LogP contribution >= 0.6 is 0 Å². The quantitative estimate of drug-likeness (QED) is 0.811. The number of carbonyl (C=O) groups excluding carboxylic acids is 1. The lowest BCUT2D eigenvalue weighted by molar-refractivity contribution is -0.134. The maximum Gasteiger partial charge on any atom is 0.260 e. The SMILES string of the molecule is Cc1cc(C)cc(CN(C)C(=O)C2CC2(F)F)c1. The van der Waals surface area contributed by atoms with Gasteiger partial charge in [0.1, 0.15) is 5.92 Å². The number of halogens is 2. The van der Waals surface area contributed by atoms with Crippen molar-refractivity contribution in [2.75, 3.05) is 7.05 Å². The van der Waals surface area contributed by atoms with E-state index in [4.69, 9.17) is 0 Å². The molecule has 0 bridgehead atoms. The Morgan fingerprint density at radius 3 is 2.28 bits per heavy atom. The molecule has 1 saturated carbocycles. The molecule has 1 unspecified atom stereocenters. The predicted molar refractivity (Wildman–Crippen MR) is 65.4 cm³/mol. The number of benzene rings is 1. The molecule has 2 rings (SSSR count). The van der Waals surface area contributed by atoms with Gasteiger partial charge in [-0.3, -0.25) is 4.79 Å². The van der Waals surface area contributed by atoms with Crippen molar-refractivity contribution in [2.45, 2.75) is 32.7 Å². The number of hydrogen-bond acceptors (Lipinski definition) is 1. The van der Waals surface area contributed by atoms with Crippen LogP contribution in [0.25, 0.3) is 0 Å². The fraction of sp³-hybridized carbons (Fsp3) is 0.500. The lowest BCUT2D eigenvalue weighted by Gasteiger charge is -2.18. The van der Waals surface area contributed by atoms with Crippen LogP contribution in [0.3, 0.4) is 0 Å². The van der Waals surface area contributed by atoms with Gasteiger partial charge in [-0.25, -0.2) is 8.78 Å². The molecule has 0 saturated heterocycles. The highest BCUT2D eigenvalue weighted by atomic mass is 19.3. The van der Waals surface area contributed by atoms with Crippen LogP contribution < -0.4 is 0 Å². The van der Waals surface area contributed by atoms with E-state index in [1.165, 1.54) is 4.90 Å². The van der Waals surface area contributed by atoms with Crippen LogP contribution in [0.4, 0.5) is 8.78 Å². The minimum absolute atomic E-state index is 0.303. The first-order valence-corrected chi connectivity index (χ1v) is 5.99. The van der Waals surface area contributed by atoms with Crippen molar-refractivity contribution < 1.29 is 13.6 Å². The number of aryl methyl sites for hydroxylation is 2. The molecular formula is C14H17F2NO. The topological polar surface area (TPSA) is 20.3 Å². The first-order chi connectivity index (χ1) is 8.29. The van der Waals surface area contributed by atoms with Crippen molar-refractivity contribution in [3.05, 3.63) is 34.9 Å². The van der Waals surface area contributed by atoms with E-state index in [0.29, 0.717) is 6.54 Å². The molecule has 0 aromatic heterocycles. The molecule has 0 radical (unpaired) electrons. The number of nitrogens with zero attached hydrogens (tertiary/aromatic N) is 1. The van der Waals surface area contributed by atoms with Crippen molar-refractivity contribution in [3.63, 3.8) is 0 Å². The number of rotatable bonds is 3. The van der Waals surface area contributed by atoms with Gasteiger partial charge in [-0.2, -0.15) is 0 Å². The fourth-order valence-corrected chi connectivity index (χ4v) is 2.26. The molecule has 1 atom stereocenters. The number of carbonyl (C=O) groups is 1. The van der Waals surface area contributed by atoms with E-state index in [1.807, 2.05) is 32.0 Å². The van der Waals surface area contributed by atoms with E-state index in [1.54, 1.807) is 7.05 Å². The highest BCUT2D eigenvalue weighted by Crippen LogP contribution is 2.49. The summed E-state index contributed by atoms with van der Waals surface area (Å²) in [4.78, 5) is 13.1. The first kappa shape index (κ1) is 13.0. The van der Waals surface area contributed by atoms with Crippen LogP contribution in [0.15, 0.2) is 18.2 Å². The molecule has 1 aliphatic rings. The van der Waals surface area contributed by atoms with Crippen molar-refractivity contribution in [2.24, 2.45) is 5.92 Å². The van der Waals surface area contributed by atoms with Gasteiger partial charge < -0.3 is 4.90 Å². The lowest BCUT2D eigenvalue weighted by atomic mass is 10.1. The molecule has 0 aliphatic heterocycles. The molecule has 1 amide bonds. The average Bonchev–Trinajstić information content (AvgIpc) is 2.84. The Kier molecular flexibility index (Phi) is 3.13. The molecule has 0 N–H and O–H groups in total. The molecule has 1 fully saturated rings. The van der Waals surface area contributed by atoms with Crippen molar-refractivity contribution >= 4 is 5.91 Å². The third-order valence-electron chi connectivity index (χ3n) is 3.20. The fourth-order valence-electron chi connectivity index (χ4n) is 2.26. The minimum atomic E-state index is -2.78. The number of hydrogen-bond donors (Lipinski definition) is 0. The second-order valence-corrected chi connectivity index (χ2v) is 5.21. The van der Waals surface area contributed by atoms with Crippen molar-refractivity contribution in [1.82, 2.24) is 4.90 Å². The van der Waals surface area contributed by atoms with Gasteiger partial charge in [0, 0.05) is 20.0 Å². The van der Waals surface area contributed by atoms with Gasteiger partial charge in [0.05, 0.1) is 0 Å². The highest BCUT2D eigenvalue weighted by molar-refractivity contribution is 5.82. The summed E-state index contributed by atoms with van der Waals surface area (Å²) in [5, 5.41) is 0. The summed E-state index contributed by atoms with van der Waals surface area (Å²) >= 11 is 0. The average molecular weight is 253 g/mol. The van der Waals surface area contributed by atoms with Crippen LogP contribution in [0.5, 0.6) is 0 Å². The van der Waals surface area contributed by atoms with E-state index in [-0.39, 0.29) is 6.42 Å². The Bertz CT molecular complexity index is 464. The summed E-state index contributed by atoms with van der Waals surface area (Å²) in [7, 11) is 1.58. The first-order valence-electron chi connectivity index (χ1n) is 5.99. The van der Waals surface area contributed by atoms with E-state index in [0.717, 1.165) is 16.7 Å². The Morgan fingerprint density at radius 1 is 1.33 bits per heavy atom. The Hall–Kier alpha value is -1.45. The van der Waals surface area contributed by atoms with Crippen LogP contribution in [-0.4, -0.2) is 23.8 Å². The molecular weight excluding hydrogens is 236 g/mol. The van der Waals surface area contributed by atoms with Gasteiger partial charge in [-0.05, 0) is 19.4 Å². The Morgan fingerprint density at radius 2 is 1.83 bits per heavy atom. The normalized spacial score (nSPS) is 20.6. The third-order valence-corrected chi connectivity index (χ3v) is 3.20. The molecule has 1 aromatic carbocycles. The maximum absolute atomic E-state index is 12.8. The van der Waals surface area contributed by atoms with Gasteiger partial charge in [-0.1, -0.05) is 29.3 Å². The Labute approximate surface area is 106 Å². The second-order valence-electron chi connectivity index (χ2n) is 5.21. The monoisotopic (exact) mass is 253 g/mol. The molecule has 18 heavy (non-hydrogen) atoms. The van der Waals surface area contributed by atoms with E-state index in [2.05, 4.69) is 0 Å². The molecule has 1 aromatic rings. The maximum atomic E-state index is 12.8. The van der Waals surface area contributed by atoms with E-state index >= 15 is 0 Å². The third kappa shape index (κ3) is 2.68. The molecule has 2 nitrogen and oxygen atoms in total. The zero-order chi connectivity index (χ0) is 13.5. The van der Waals surface area contributed by atoms with Crippen molar-refractivity contribution in [3.8, 4) is 0 Å². The molecule has 98 valence electrons. The second kappa shape index (κ2) is 4.34. The molecule has 1 aliphatic carbocycles. The van der Waals surface area contributed by atoms with Crippen LogP contribution in [-0.2, 0) is 11.3 Å². The summed E-state index contributed by atoms with van der Waals surface area (Å²) < 4.78 is 25.7. The van der Waals surface area contributed by atoms with Crippen LogP contribution in [0.2, 0.25) is 0 Å². The standard InChI is InChI=1S/C14H17F2NO/c1-9-4-10(2)6-11(5-9)8-17(3)13(18)12-7-14(12,15)16/h4-6,12H,7-8H2,1-3H3. The number of amides is 1. The van der Waals surface area contributed by atoms with E-state index in [9.17, 15) is 13.6 Å². The summed E-state index contributed by atoms with van der Waals surface area (Å²) in [6.07, 6.45) is -0.303. The van der Waals surface area contributed by atoms with E-state index < -0.39 is 17.7 Å². The van der Waals surface area contributed by atoms with Gasteiger partial charge in [0.15, 0.2) is 0 Å². The molecule has 0 spiro atoms. The van der Waals surface area contributed by atoms with Crippen LogP contribution in [0.1, 0.15) is 23.1 Å². The molecule has 0 heterocycles.